The van der Waals surface area contributed by atoms with Gasteiger partial charge in [0.05, 0.1) is 45.6 Å². The molecule has 5 rings (SSSR count). The Balaban J connectivity index is 0.00000144. The number of hydrogen-bond donors (Lipinski definition) is 0. The molecular weight excluding hydrogens is 417 g/mol. The maximum Gasteiger partial charge on any atom is 2.00 e. The first-order valence-corrected chi connectivity index (χ1v) is 11.7. The Hall–Kier alpha value is -2.63. The third-order valence-electron chi connectivity index (χ3n) is 5.92. The van der Waals surface area contributed by atoms with Crippen LogP contribution in [-0.4, -0.2) is 45.9 Å². The summed E-state index contributed by atoms with van der Waals surface area (Å²) in [7, 11) is 0. The summed E-state index contributed by atoms with van der Waals surface area (Å²) in [6.07, 6.45) is 31.4. The summed E-state index contributed by atoms with van der Waals surface area (Å²) in [5, 5.41) is 0. The number of nitrogens with zero attached hydrogens (tertiary/aromatic N) is 4. The molecule has 0 radical (unpaired) electrons. The maximum atomic E-state index is 4.92. The summed E-state index contributed by atoms with van der Waals surface area (Å²) in [6.45, 7) is 2.26. The monoisotopic (exact) mass is 446 g/mol. The van der Waals surface area contributed by atoms with Gasteiger partial charge in [0.25, 0.3) is 0 Å². The van der Waals surface area contributed by atoms with E-state index in [1.165, 1.54) is 44.1 Å². The zero-order chi connectivity index (χ0) is 21.8. The van der Waals surface area contributed by atoms with E-state index in [4.69, 9.17) is 15.0 Å². The smallest absolute Gasteiger partial charge is 1.00 e. The van der Waals surface area contributed by atoms with E-state index >= 15 is 0 Å². The summed E-state index contributed by atoms with van der Waals surface area (Å²) in [6, 6.07) is 0. The van der Waals surface area contributed by atoms with E-state index in [2.05, 4.69) is 36.2 Å². The molecule has 0 N–H and O–H groups in total. The van der Waals surface area contributed by atoms with Gasteiger partial charge in [-0.05, 0) is 85.3 Å². The van der Waals surface area contributed by atoms with Crippen LogP contribution in [0.4, 0.5) is 0 Å². The zero-order valence-corrected chi connectivity index (χ0v) is 20.7. The van der Waals surface area contributed by atoms with Gasteiger partial charge >= 0.3 is 23.1 Å². The quantitative estimate of drug-likeness (QED) is 0.315. The molecular formula is C28H30MgN4. The summed E-state index contributed by atoms with van der Waals surface area (Å²) in [5.41, 5.74) is 8.77. The molecule has 0 aliphatic carbocycles. The van der Waals surface area contributed by atoms with Crippen LogP contribution < -0.4 is 0 Å². The van der Waals surface area contributed by atoms with Gasteiger partial charge in [-0.15, -0.1) is 0 Å². The fraction of sp³-hybridized carbons (Fsp3) is 0.286. The van der Waals surface area contributed by atoms with Crippen LogP contribution in [0.25, 0.3) is 0 Å². The van der Waals surface area contributed by atoms with Crippen molar-refractivity contribution in [2.75, 3.05) is 0 Å². The van der Waals surface area contributed by atoms with Crippen molar-refractivity contribution in [1.29, 1.82) is 0 Å². The number of hydrogen-bond acceptors (Lipinski definition) is 4. The van der Waals surface area contributed by atoms with Crippen LogP contribution >= 0.6 is 0 Å². The third-order valence-corrected chi connectivity index (χ3v) is 5.92. The molecule has 5 aliphatic rings. The molecule has 5 heteroatoms. The molecule has 0 amide bonds. The normalized spacial score (nSPS) is 19.7. The van der Waals surface area contributed by atoms with E-state index in [9.17, 15) is 0 Å². The minimum atomic E-state index is 0. The fourth-order valence-corrected chi connectivity index (χ4v) is 4.25. The molecule has 0 aromatic heterocycles. The Morgan fingerprint density at radius 2 is 1.06 bits per heavy atom. The summed E-state index contributed by atoms with van der Waals surface area (Å²) < 4.78 is 0. The second kappa shape index (κ2) is 11.0. The first-order valence-electron chi connectivity index (χ1n) is 11.7. The molecule has 8 bridgehead atoms. The number of rotatable bonds is 7. The van der Waals surface area contributed by atoms with Crippen LogP contribution in [-0.2, 0) is 0 Å². The van der Waals surface area contributed by atoms with Crippen LogP contribution in [0.15, 0.2) is 115 Å². The first-order chi connectivity index (χ1) is 15.7. The molecule has 0 fully saturated rings. The van der Waals surface area contributed by atoms with Crippen LogP contribution in [0, 0.1) is 0 Å². The first kappa shape index (κ1) is 23.5. The molecule has 164 valence electrons. The fourth-order valence-electron chi connectivity index (χ4n) is 4.25. The standard InChI is InChI=1S/C28H28N4.Mg.2H/c1-2-3-4-5-6-7-8-20-15-27-18-25-12-11-23(30-25)16-21-9-10-22(29-21)17-24-13-14-26(31-24)19-28(20)32-27;;;/h9-19H,2-8H2,1H3;;;/q;+2;2*-1. The average Bonchev–Trinajstić information content (AvgIpc) is 3.56. The van der Waals surface area contributed by atoms with E-state index in [0.29, 0.717) is 0 Å². The van der Waals surface area contributed by atoms with Crippen molar-refractivity contribution in [2.24, 2.45) is 20.0 Å². The molecule has 0 unspecified atom stereocenters. The van der Waals surface area contributed by atoms with Crippen molar-refractivity contribution in [3.8, 4) is 0 Å². The Bertz CT molecular complexity index is 1200. The van der Waals surface area contributed by atoms with Crippen molar-refractivity contribution >= 4 is 45.9 Å². The largest absolute Gasteiger partial charge is 2.00 e. The Morgan fingerprint density at radius 1 is 0.545 bits per heavy atom. The third kappa shape index (κ3) is 6.04. The van der Waals surface area contributed by atoms with E-state index in [1.54, 1.807) is 0 Å². The van der Waals surface area contributed by atoms with Gasteiger partial charge in [-0.2, -0.15) is 0 Å². The van der Waals surface area contributed by atoms with E-state index in [0.717, 1.165) is 52.1 Å². The maximum absolute atomic E-state index is 4.92. The second-order valence-electron chi connectivity index (χ2n) is 8.57. The van der Waals surface area contributed by atoms with Crippen LogP contribution in [0.3, 0.4) is 0 Å². The summed E-state index contributed by atoms with van der Waals surface area (Å²) in [4.78, 5) is 19.1. The molecule has 0 saturated heterocycles. The van der Waals surface area contributed by atoms with E-state index in [-0.39, 0.29) is 25.9 Å². The predicted octanol–water partition coefficient (Wildman–Crippen LogP) is 6.54. The Morgan fingerprint density at radius 3 is 1.67 bits per heavy atom. The number of fused-ring (bicyclic) bond motifs is 4. The molecule has 5 aliphatic heterocycles. The SMILES string of the molecule is CCCCCCCCC1=CC2=NC1=CC1=NC(=CC3=NC(=CC4=NC(=C2)C=C4)C=C3)C=C1.[H-].[H-].[Mg+2]. The van der Waals surface area contributed by atoms with Crippen LogP contribution in [0.5, 0.6) is 0 Å². The van der Waals surface area contributed by atoms with Gasteiger partial charge in [0, 0.05) is 0 Å². The van der Waals surface area contributed by atoms with Crippen molar-refractivity contribution in [1.82, 2.24) is 0 Å². The molecule has 0 atom stereocenters. The summed E-state index contributed by atoms with van der Waals surface area (Å²) in [5.74, 6) is 0. The van der Waals surface area contributed by atoms with Gasteiger partial charge in [0.15, 0.2) is 0 Å². The Kier molecular flexibility index (Phi) is 7.83. The van der Waals surface area contributed by atoms with Gasteiger partial charge in [0.2, 0.25) is 0 Å². The van der Waals surface area contributed by atoms with E-state index in [1.807, 2.05) is 42.5 Å². The zero-order valence-electron chi connectivity index (χ0n) is 21.3. The molecule has 0 aromatic carbocycles. The van der Waals surface area contributed by atoms with E-state index < -0.39 is 0 Å². The van der Waals surface area contributed by atoms with Crippen molar-refractivity contribution < 1.29 is 2.85 Å². The molecule has 33 heavy (non-hydrogen) atoms. The number of unbranched alkanes of at least 4 members (excludes halogenated alkanes) is 5. The summed E-state index contributed by atoms with van der Waals surface area (Å²) >= 11 is 0. The molecule has 0 spiro atoms. The van der Waals surface area contributed by atoms with Crippen molar-refractivity contribution in [2.45, 2.75) is 51.9 Å². The van der Waals surface area contributed by atoms with Gasteiger partial charge in [0.1, 0.15) is 0 Å². The van der Waals surface area contributed by atoms with Gasteiger partial charge in [-0.25, -0.2) is 20.0 Å². The second-order valence-corrected chi connectivity index (χ2v) is 8.57. The average molecular weight is 447 g/mol. The number of allylic oxidation sites excluding steroid dienone is 12. The van der Waals surface area contributed by atoms with Crippen LogP contribution in [0.1, 0.15) is 54.7 Å². The van der Waals surface area contributed by atoms with Gasteiger partial charge in [-0.1, -0.05) is 39.0 Å². The number of aliphatic imine (C=N–C) groups is 4. The molecule has 5 heterocycles. The van der Waals surface area contributed by atoms with Crippen molar-refractivity contribution in [3.05, 3.63) is 95.2 Å². The topological polar surface area (TPSA) is 49.4 Å². The Labute approximate surface area is 215 Å². The van der Waals surface area contributed by atoms with Crippen LogP contribution in [0.2, 0.25) is 0 Å². The molecule has 4 nitrogen and oxygen atoms in total. The predicted molar refractivity (Wildman–Crippen MR) is 144 cm³/mol. The van der Waals surface area contributed by atoms with Gasteiger partial charge in [-0.3, -0.25) is 0 Å². The van der Waals surface area contributed by atoms with Gasteiger partial charge < -0.3 is 2.85 Å². The molecule has 0 aromatic rings. The molecule has 0 saturated carbocycles. The minimum absolute atomic E-state index is 0. The van der Waals surface area contributed by atoms with Crippen molar-refractivity contribution in [3.63, 3.8) is 0 Å². The minimum Gasteiger partial charge on any atom is -1.00 e.